The zero-order chi connectivity index (χ0) is 12.0. The number of carbonyl (C=O) groups excluding carboxylic acids is 1. The Morgan fingerprint density at radius 1 is 1.44 bits per heavy atom. The van der Waals surface area contributed by atoms with Gasteiger partial charge in [0.2, 0.25) is 0 Å². The molecule has 2 atom stereocenters. The van der Waals surface area contributed by atoms with Crippen LogP contribution in [0.4, 0.5) is 0 Å². The van der Waals surface area contributed by atoms with Gasteiger partial charge in [-0.2, -0.15) is 0 Å². The Labute approximate surface area is 101 Å². The number of esters is 1. The maximum atomic E-state index is 11.0. The lowest BCUT2D eigenvalue weighted by molar-refractivity contribution is -0.142. The summed E-state index contributed by atoms with van der Waals surface area (Å²) in [7, 11) is 1.34. The lowest BCUT2D eigenvalue weighted by Gasteiger charge is -2.11. The second-order valence-corrected chi connectivity index (χ2v) is 4.18. The minimum absolute atomic E-state index is 0.0113. The van der Waals surface area contributed by atoms with Crippen molar-refractivity contribution in [1.29, 1.82) is 0 Å². The van der Waals surface area contributed by atoms with Crippen LogP contribution in [0.5, 0.6) is 5.75 Å². The average Bonchev–Trinajstić information content (AvgIpc) is 2.30. The molecule has 0 aromatic heterocycles. The Hall–Kier alpha value is -0.830. The largest absolute Gasteiger partial charge is 0.468 e. The summed E-state index contributed by atoms with van der Waals surface area (Å²) in [5.74, 6) is 0.388. The van der Waals surface area contributed by atoms with Gasteiger partial charge in [0.05, 0.1) is 7.11 Å². The third-order valence-corrected chi connectivity index (χ3v) is 2.95. The molecule has 0 aliphatic rings. The predicted molar refractivity (Wildman–Crippen MR) is 65.0 cm³/mol. The summed E-state index contributed by atoms with van der Waals surface area (Å²) in [4.78, 5) is 11.0. The zero-order valence-corrected chi connectivity index (χ0v) is 10.7. The van der Waals surface area contributed by atoms with Crippen LogP contribution < -0.4 is 9.61 Å². The molecule has 6 heteroatoms. The van der Waals surface area contributed by atoms with E-state index in [9.17, 15) is 4.79 Å². The van der Waals surface area contributed by atoms with Crippen molar-refractivity contribution in [3.8, 4) is 5.75 Å². The van der Waals surface area contributed by atoms with Gasteiger partial charge < -0.3 is 9.26 Å². The molecule has 0 amide bonds. The molecule has 0 heterocycles. The highest BCUT2D eigenvalue weighted by Gasteiger charge is 2.11. The number of benzene rings is 1. The highest BCUT2D eigenvalue weighted by molar-refractivity contribution is 7.30. The first-order chi connectivity index (χ1) is 7.63. The molecule has 0 aliphatic carbocycles. The molecule has 1 N–H and O–H groups in total. The van der Waals surface area contributed by atoms with E-state index < -0.39 is 0 Å². The van der Waals surface area contributed by atoms with Gasteiger partial charge in [0.15, 0.2) is 0 Å². The van der Waals surface area contributed by atoms with Crippen molar-refractivity contribution in [1.82, 2.24) is 5.09 Å². The molecule has 88 valence electrons. The van der Waals surface area contributed by atoms with Crippen LogP contribution in [0.25, 0.3) is 0 Å². The quantitative estimate of drug-likeness (QED) is 0.653. The molecule has 1 aromatic rings. The highest BCUT2D eigenvalue weighted by Crippen LogP contribution is 2.20. The van der Waals surface area contributed by atoms with Crippen LogP contribution >= 0.6 is 20.6 Å². The van der Waals surface area contributed by atoms with E-state index in [0.29, 0.717) is 10.8 Å². The fourth-order valence-corrected chi connectivity index (χ4v) is 1.65. The SMILES string of the molecule is COC(=O)C(C)NPOc1ccc(Cl)cc1. The first-order valence-corrected chi connectivity index (χ1v) is 5.93. The molecule has 1 aromatic carbocycles. The number of carbonyl (C=O) groups is 1. The van der Waals surface area contributed by atoms with Gasteiger partial charge in [0.25, 0.3) is 0 Å². The van der Waals surface area contributed by atoms with Crippen LogP contribution in [0, 0.1) is 0 Å². The minimum Gasteiger partial charge on any atom is -0.468 e. The monoisotopic (exact) mass is 261 g/mol. The van der Waals surface area contributed by atoms with Gasteiger partial charge in [-0.15, -0.1) is 0 Å². The molecule has 0 saturated carbocycles. The summed E-state index contributed by atoms with van der Waals surface area (Å²) in [5.41, 5.74) is 0. The Bertz CT molecular complexity index is 344. The summed E-state index contributed by atoms with van der Waals surface area (Å²) < 4.78 is 9.94. The molecule has 0 bridgehead atoms. The van der Waals surface area contributed by atoms with Gasteiger partial charge >= 0.3 is 5.97 Å². The number of hydrogen-bond donors (Lipinski definition) is 1. The van der Waals surface area contributed by atoms with Crippen LogP contribution in [0.15, 0.2) is 24.3 Å². The molecular weight excluding hydrogens is 249 g/mol. The normalized spacial score (nSPS) is 12.7. The molecule has 2 unspecified atom stereocenters. The standard InChI is InChI=1S/C10H13ClNO3P/c1-7(10(13)14-2)12-16-15-9-5-3-8(11)4-6-9/h3-7,12,16H,1-2H3. The fourth-order valence-electron chi connectivity index (χ4n) is 0.915. The average molecular weight is 262 g/mol. The minimum atomic E-state index is -0.379. The van der Waals surface area contributed by atoms with Crippen LogP contribution in [0.3, 0.4) is 0 Å². The lowest BCUT2D eigenvalue weighted by Crippen LogP contribution is -2.29. The second-order valence-electron chi connectivity index (χ2n) is 3.05. The van der Waals surface area contributed by atoms with Crippen LogP contribution in [-0.2, 0) is 9.53 Å². The number of methoxy groups -OCH3 is 1. The van der Waals surface area contributed by atoms with Gasteiger partial charge in [-0.05, 0) is 31.2 Å². The summed E-state index contributed by atoms with van der Waals surface area (Å²) in [6.07, 6.45) is 0. The summed E-state index contributed by atoms with van der Waals surface area (Å²) in [5, 5.41) is 3.55. The van der Waals surface area contributed by atoms with Crippen LogP contribution in [0.1, 0.15) is 6.92 Å². The maximum absolute atomic E-state index is 11.0. The number of nitrogens with one attached hydrogen (secondary N) is 1. The van der Waals surface area contributed by atoms with Crippen molar-refractivity contribution in [2.45, 2.75) is 13.0 Å². The first kappa shape index (κ1) is 13.2. The molecule has 16 heavy (non-hydrogen) atoms. The zero-order valence-electron chi connectivity index (χ0n) is 8.99. The van der Waals surface area contributed by atoms with Gasteiger partial charge in [-0.1, -0.05) is 11.6 Å². The fraction of sp³-hybridized carbons (Fsp3) is 0.300. The first-order valence-electron chi connectivity index (χ1n) is 4.64. The maximum Gasteiger partial charge on any atom is 0.322 e. The predicted octanol–water partition coefficient (Wildman–Crippen LogP) is 2.38. The highest BCUT2D eigenvalue weighted by atomic mass is 35.5. The van der Waals surface area contributed by atoms with Crippen LogP contribution in [0.2, 0.25) is 5.02 Å². The molecule has 1 rings (SSSR count). The molecule has 0 fully saturated rings. The Kier molecular flexibility index (Phi) is 5.53. The smallest absolute Gasteiger partial charge is 0.322 e. The number of hydrogen-bond acceptors (Lipinski definition) is 4. The van der Waals surface area contributed by atoms with E-state index in [0.717, 1.165) is 0 Å². The topological polar surface area (TPSA) is 47.6 Å². The number of rotatable bonds is 5. The molecular formula is C10H13ClNO3P. The Balaban J connectivity index is 2.30. The van der Waals surface area contributed by atoms with E-state index in [1.54, 1.807) is 31.2 Å². The van der Waals surface area contributed by atoms with Gasteiger partial charge in [-0.25, -0.2) is 0 Å². The van der Waals surface area contributed by atoms with E-state index in [-0.39, 0.29) is 21.0 Å². The lowest BCUT2D eigenvalue weighted by atomic mass is 10.3. The molecule has 0 radical (unpaired) electrons. The molecule has 0 saturated heterocycles. The van der Waals surface area contributed by atoms with Crippen molar-refractivity contribution in [2.75, 3.05) is 7.11 Å². The van der Waals surface area contributed by atoms with E-state index in [1.165, 1.54) is 7.11 Å². The van der Waals surface area contributed by atoms with Crippen molar-refractivity contribution in [2.24, 2.45) is 0 Å². The van der Waals surface area contributed by atoms with E-state index in [1.807, 2.05) is 0 Å². The van der Waals surface area contributed by atoms with E-state index in [4.69, 9.17) is 16.1 Å². The molecule has 4 nitrogen and oxygen atoms in total. The van der Waals surface area contributed by atoms with Crippen LogP contribution in [-0.4, -0.2) is 19.1 Å². The third kappa shape index (κ3) is 4.35. The van der Waals surface area contributed by atoms with Gasteiger partial charge in [0, 0.05) is 5.02 Å². The van der Waals surface area contributed by atoms with E-state index in [2.05, 4.69) is 9.82 Å². The second kappa shape index (κ2) is 6.69. The molecule has 0 spiro atoms. The Morgan fingerprint density at radius 2 is 2.06 bits per heavy atom. The van der Waals surface area contributed by atoms with Crippen molar-refractivity contribution in [3.63, 3.8) is 0 Å². The van der Waals surface area contributed by atoms with Crippen molar-refractivity contribution >= 4 is 26.5 Å². The van der Waals surface area contributed by atoms with Gasteiger partial charge in [0.1, 0.15) is 20.7 Å². The van der Waals surface area contributed by atoms with Crippen molar-refractivity contribution < 1.29 is 14.1 Å². The summed E-state index contributed by atoms with van der Waals surface area (Å²) in [6, 6.07) is 6.63. The molecule has 0 aliphatic heterocycles. The third-order valence-electron chi connectivity index (χ3n) is 1.81. The van der Waals surface area contributed by atoms with E-state index >= 15 is 0 Å². The van der Waals surface area contributed by atoms with Gasteiger partial charge in [-0.3, -0.25) is 9.88 Å². The summed E-state index contributed by atoms with van der Waals surface area (Å²) in [6.45, 7) is 1.71. The summed E-state index contributed by atoms with van der Waals surface area (Å²) >= 11 is 5.73. The number of ether oxygens (including phenoxy) is 1. The Morgan fingerprint density at radius 3 is 2.62 bits per heavy atom. The number of halogens is 1. The van der Waals surface area contributed by atoms with Crippen molar-refractivity contribution in [3.05, 3.63) is 29.3 Å².